The van der Waals surface area contributed by atoms with Crippen molar-refractivity contribution in [3.63, 3.8) is 0 Å². The number of hydrogen-bond donors (Lipinski definition) is 2. The van der Waals surface area contributed by atoms with Gasteiger partial charge in [0.15, 0.2) is 0 Å². The van der Waals surface area contributed by atoms with E-state index in [0.717, 1.165) is 24.6 Å². The fourth-order valence-electron chi connectivity index (χ4n) is 1.99. The van der Waals surface area contributed by atoms with Gasteiger partial charge in [-0.2, -0.15) is 0 Å². The summed E-state index contributed by atoms with van der Waals surface area (Å²) in [5, 5.41) is 6.12. The van der Waals surface area contributed by atoms with Crippen LogP contribution in [0.15, 0.2) is 24.3 Å². The van der Waals surface area contributed by atoms with Crippen molar-refractivity contribution in [2.24, 2.45) is 0 Å². The van der Waals surface area contributed by atoms with Crippen LogP contribution in [0.1, 0.15) is 13.3 Å². The van der Waals surface area contributed by atoms with Gasteiger partial charge in [-0.3, -0.25) is 4.79 Å². The molecule has 0 aliphatic carbocycles. The molecule has 1 fully saturated rings. The summed E-state index contributed by atoms with van der Waals surface area (Å²) in [4.78, 5) is 11.9. The lowest BCUT2D eigenvalue weighted by atomic mass is 10.2. The molecule has 1 aliphatic heterocycles. The summed E-state index contributed by atoms with van der Waals surface area (Å²) in [7, 11) is 0. The van der Waals surface area contributed by atoms with E-state index < -0.39 is 0 Å². The van der Waals surface area contributed by atoms with E-state index >= 15 is 0 Å². The van der Waals surface area contributed by atoms with Gasteiger partial charge in [-0.15, -0.1) is 12.4 Å². The van der Waals surface area contributed by atoms with Crippen LogP contribution in [0.25, 0.3) is 0 Å². The van der Waals surface area contributed by atoms with Crippen LogP contribution in [0.2, 0.25) is 0 Å². The number of halogens is 1. The fourth-order valence-corrected chi connectivity index (χ4v) is 1.99. The molecule has 112 valence electrons. The van der Waals surface area contributed by atoms with Crippen LogP contribution in [0.4, 0.5) is 5.69 Å². The summed E-state index contributed by atoms with van der Waals surface area (Å²) >= 11 is 0. The van der Waals surface area contributed by atoms with E-state index in [1.165, 1.54) is 0 Å². The van der Waals surface area contributed by atoms with Gasteiger partial charge in [-0.1, -0.05) is 0 Å². The summed E-state index contributed by atoms with van der Waals surface area (Å²) in [5.41, 5.74) is 0.783. The molecule has 0 aromatic heterocycles. The number of rotatable bonds is 5. The Hall–Kier alpha value is -1.30. The van der Waals surface area contributed by atoms with Gasteiger partial charge in [0, 0.05) is 24.7 Å². The maximum atomic E-state index is 11.9. The van der Waals surface area contributed by atoms with Crippen LogP contribution in [-0.4, -0.2) is 38.3 Å². The first kappa shape index (κ1) is 16.8. The summed E-state index contributed by atoms with van der Waals surface area (Å²) in [5.74, 6) is 0.801. The molecule has 1 saturated heterocycles. The third kappa shape index (κ3) is 5.36. The highest BCUT2D eigenvalue weighted by atomic mass is 35.5. The highest BCUT2D eigenvalue weighted by Crippen LogP contribution is 2.16. The average molecular weight is 301 g/mol. The third-order valence-corrected chi connectivity index (χ3v) is 2.88. The monoisotopic (exact) mass is 300 g/mol. The lowest BCUT2D eigenvalue weighted by molar-refractivity contribution is -0.117. The Morgan fingerprint density at radius 3 is 2.80 bits per heavy atom. The Labute approximate surface area is 125 Å². The Morgan fingerprint density at radius 1 is 1.45 bits per heavy atom. The molecule has 1 unspecified atom stereocenters. The Morgan fingerprint density at radius 2 is 2.20 bits per heavy atom. The minimum atomic E-state index is -0.00726. The Kier molecular flexibility index (Phi) is 7.36. The van der Waals surface area contributed by atoms with Crippen LogP contribution in [0.5, 0.6) is 5.75 Å². The van der Waals surface area contributed by atoms with Gasteiger partial charge in [0.2, 0.25) is 5.91 Å². The SMILES string of the molecule is CCOc1ccc(NC(=O)CC2COCCN2)cc1.Cl. The number of morpholine rings is 1. The quantitative estimate of drug-likeness (QED) is 0.871. The van der Waals surface area contributed by atoms with Gasteiger partial charge in [0.25, 0.3) is 0 Å². The molecular formula is C14H21ClN2O3. The van der Waals surface area contributed by atoms with Gasteiger partial charge in [-0.05, 0) is 31.2 Å². The Bertz CT molecular complexity index is 405. The van der Waals surface area contributed by atoms with Crippen LogP contribution < -0.4 is 15.4 Å². The first-order valence-corrected chi connectivity index (χ1v) is 6.62. The van der Waals surface area contributed by atoms with Gasteiger partial charge in [0.05, 0.1) is 19.8 Å². The number of carbonyl (C=O) groups excluding carboxylic acids is 1. The molecule has 1 heterocycles. The average Bonchev–Trinajstić information content (AvgIpc) is 2.42. The molecule has 1 atom stereocenters. The molecule has 1 amide bonds. The van der Waals surface area contributed by atoms with Crippen molar-refractivity contribution in [2.45, 2.75) is 19.4 Å². The maximum Gasteiger partial charge on any atom is 0.226 e. The van der Waals surface area contributed by atoms with Gasteiger partial charge in [-0.25, -0.2) is 0 Å². The van der Waals surface area contributed by atoms with E-state index in [4.69, 9.17) is 9.47 Å². The van der Waals surface area contributed by atoms with E-state index in [1.807, 2.05) is 31.2 Å². The van der Waals surface area contributed by atoms with Crippen molar-refractivity contribution in [3.05, 3.63) is 24.3 Å². The van der Waals surface area contributed by atoms with Crippen LogP contribution in [-0.2, 0) is 9.53 Å². The highest BCUT2D eigenvalue weighted by Gasteiger charge is 2.16. The second-order valence-electron chi connectivity index (χ2n) is 4.44. The molecule has 1 aliphatic rings. The van der Waals surface area contributed by atoms with E-state index in [0.29, 0.717) is 19.6 Å². The number of anilines is 1. The molecular weight excluding hydrogens is 280 g/mol. The minimum absolute atomic E-state index is 0. The molecule has 0 spiro atoms. The number of hydrogen-bond acceptors (Lipinski definition) is 4. The molecule has 1 aromatic carbocycles. The van der Waals surface area contributed by atoms with E-state index in [2.05, 4.69) is 10.6 Å². The molecule has 2 N–H and O–H groups in total. The second-order valence-corrected chi connectivity index (χ2v) is 4.44. The first-order valence-electron chi connectivity index (χ1n) is 6.62. The van der Waals surface area contributed by atoms with Crippen molar-refractivity contribution >= 4 is 24.0 Å². The van der Waals surface area contributed by atoms with E-state index in [1.54, 1.807) is 0 Å². The standard InChI is InChI=1S/C14H20N2O3.ClH/c1-2-19-13-5-3-11(4-6-13)16-14(17)9-12-10-18-8-7-15-12;/h3-6,12,15H,2,7-10H2,1H3,(H,16,17);1H. The predicted octanol–water partition coefficient (Wildman–Crippen LogP) is 1.82. The molecule has 0 bridgehead atoms. The summed E-state index contributed by atoms with van der Waals surface area (Å²) < 4.78 is 10.7. The molecule has 5 nitrogen and oxygen atoms in total. The van der Waals surface area contributed by atoms with Crippen molar-refractivity contribution in [1.29, 1.82) is 0 Å². The summed E-state index contributed by atoms with van der Waals surface area (Å²) in [6.07, 6.45) is 0.424. The van der Waals surface area contributed by atoms with E-state index in [9.17, 15) is 4.79 Å². The highest BCUT2D eigenvalue weighted by molar-refractivity contribution is 5.91. The van der Waals surface area contributed by atoms with Crippen molar-refractivity contribution in [1.82, 2.24) is 5.32 Å². The molecule has 0 radical (unpaired) electrons. The molecule has 6 heteroatoms. The number of nitrogens with one attached hydrogen (secondary N) is 2. The molecule has 1 aromatic rings. The second kappa shape index (κ2) is 8.79. The number of carbonyl (C=O) groups is 1. The van der Waals surface area contributed by atoms with Gasteiger partial charge >= 0.3 is 0 Å². The normalized spacial score (nSPS) is 17.9. The van der Waals surface area contributed by atoms with Crippen molar-refractivity contribution in [3.8, 4) is 5.75 Å². The molecule has 0 saturated carbocycles. The molecule has 2 rings (SSSR count). The number of amides is 1. The lowest BCUT2D eigenvalue weighted by Gasteiger charge is -2.23. The van der Waals surface area contributed by atoms with Gasteiger partial charge in [0.1, 0.15) is 5.75 Å². The zero-order chi connectivity index (χ0) is 13.5. The summed E-state index contributed by atoms with van der Waals surface area (Å²) in [6.45, 7) is 4.70. The zero-order valence-corrected chi connectivity index (χ0v) is 12.4. The van der Waals surface area contributed by atoms with Gasteiger partial charge < -0.3 is 20.1 Å². The smallest absolute Gasteiger partial charge is 0.226 e. The maximum absolute atomic E-state index is 11.9. The van der Waals surface area contributed by atoms with Crippen LogP contribution >= 0.6 is 12.4 Å². The number of benzene rings is 1. The topological polar surface area (TPSA) is 59.6 Å². The third-order valence-electron chi connectivity index (χ3n) is 2.88. The lowest BCUT2D eigenvalue weighted by Crippen LogP contribution is -2.43. The summed E-state index contributed by atoms with van der Waals surface area (Å²) in [6, 6.07) is 7.49. The molecule has 20 heavy (non-hydrogen) atoms. The largest absolute Gasteiger partial charge is 0.494 e. The predicted molar refractivity (Wildman–Crippen MR) is 80.7 cm³/mol. The minimum Gasteiger partial charge on any atom is -0.494 e. The first-order chi connectivity index (χ1) is 9.28. The van der Waals surface area contributed by atoms with Crippen molar-refractivity contribution in [2.75, 3.05) is 31.7 Å². The van der Waals surface area contributed by atoms with Crippen LogP contribution in [0.3, 0.4) is 0 Å². The number of ether oxygens (including phenoxy) is 2. The fraction of sp³-hybridized carbons (Fsp3) is 0.500. The van der Waals surface area contributed by atoms with E-state index in [-0.39, 0.29) is 24.4 Å². The Balaban J connectivity index is 0.00000200. The van der Waals surface area contributed by atoms with Crippen LogP contribution in [0, 0.1) is 0 Å². The zero-order valence-electron chi connectivity index (χ0n) is 11.6. The van der Waals surface area contributed by atoms with Crippen molar-refractivity contribution < 1.29 is 14.3 Å².